The summed E-state index contributed by atoms with van der Waals surface area (Å²) in [5.74, 6) is 0.312. The molecule has 1 unspecified atom stereocenters. The first-order valence-electron chi connectivity index (χ1n) is 9.78. The maximum absolute atomic E-state index is 12.3. The van der Waals surface area contributed by atoms with E-state index in [4.69, 9.17) is 9.47 Å². The van der Waals surface area contributed by atoms with Crippen LogP contribution in [0.1, 0.15) is 45.6 Å². The maximum atomic E-state index is 12.3. The summed E-state index contributed by atoms with van der Waals surface area (Å²) in [7, 11) is 0. The summed E-state index contributed by atoms with van der Waals surface area (Å²) in [6, 6.07) is 10.6. The fourth-order valence-electron chi connectivity index (χ4n) is 3.98. The van der Waals surface area contributed by atoms with Gasteiger partial charge in [0, 0.05) is 32.2 Å². The number of nitrogens with zero attached hydrogens (tertiary/aromatic N) is 1. The molecule has 3 rings (SSSR count). The van der Waals surface area contributed by atoms with Crippen molar-refractivity contribution in [3.8, 4) is 0 Å². The van der Waals surface area contributed by atoms with Crippen LogP contribution in [-0.2, 0) is 16.0 Å². The van der Waals surface area contributed by atoms with E-state index in [1.54, 1.807) is 0 Å². The predicted octanol–water partition coefficient (Wildman–Crippen LogP) is 3.58. The normalized spacial score (nSPS) is 27.3. The van der Waals surface area contributed by atoms with Gasteiger partial charge in [0.2, 0.25) is 0 Å². The van der Waals surface area contributed by atoms with E-state index in [0.29, 0.717) is 5.92 Å². The highest BCUT2D eigenvalue weighted by Gasteiger charge is 2.40. The summed E-state index contributed by atoms with van der Waals surface area (Å²) in [6.45, 7) is 9.19. The molecule has 1 N–H and O–H groups in total. The number of ether oxygens (including phenoxy) is 2. The van der Waals surface area contributed by atoms with Gasteiger partial charge in [-0.2, -0.15) is 0 Å². The molecule has 1 amide bonds. The Kier molecular flexibility index (Phi) is 6.20. The van der Waals surface area contributed by atoms with Gasteiger partial charge >= 0.3 is 6.09 Å². The molecule has 1 aromatic rings. The van der Waals surface area contributed by atoms with Crippen LogP contribution in [0, 0.1) is 5.92 Å². The third-order valence-electron chi connectivity index (χ3n) is 5.08. The number of hydrogen-bond donors (Lipinski definition) is 1. The van der Waals surface area contributed by atoms with Crippen molar-refractivity contribution in [3.05, 3.63) is 35.9 Å². The summed E-state index contributed by atoms with van der Waals surface area (Å²) in [6.07, 6.45) is 3.32. The van der Waals surface area contributed by atoms with Crippen molar-refractivity contribution >= 4 is 6.09 Å². The third-order valence-corrected chi connectivity index (χ3v) is 5.08. The highest BCUT2D eigenvalue weighted by atomic mass is 16.6. The second kappa shape index (κ2) is 8.40. The van der Waals surface area contributed by atoms with Gasteiger partial charge in [0.1, 0.15) is 5.60 Å². The zero-order chi connectivity index (χ0) is 18.6. The molecule has 3 atom stereocenters. The number of benzene rings is 1. The number of carbonyl (C=O) groups excluding carboxylic acids is 1. The van der Waals surface area contributed by atoms with Crippen LogP contribution in [0.3, 0.4) is 0 Å². The number of carbonyl (C=O) groups is 1. The predicted molar refractivity (Wildman–Crippen MR) is 102 cm³/mol. The molecular formula is C21H32N2O3. The average molecular weight is 360 g/mol. The van der Waals surface area contributed by atoms with Crippen LogP contribution in [0.15, 0.2) is 30.3 Å². The van der Waals surface area contributed by atoms with Gasteiger partial charge in [-0.25, -0.2) is 4.79 Å². The quantitative estimate of drug-likeness (QED) is 0.892. The van der Waals surface area contributed by atoms with Crippen LogP contribution in [0.25, 0.3) is 0 Å². The van der Waals surface area contributed by atoms with Crippen LogP contribution in [0.2, 0.25) is 0 Å². The molecule has 2 fully saturated rings. The lowest BCUT2D eigenvalue weighted by molar-refractivity contribution is -0.0248. The van der Waals surface area contributed by atoms with Crippen LogP contribution in [0.5, 0.6) is 0 Å². The molecular weight excluding hydrogens is 328 g/mol. The molecule has 5 heteroatoms. The standard InChI is InChI=1S/C21H32N2O3/c1-21(2,3)26-20(24)22-18-15-23(13-16-9-5-4-6-10-16)14-17(18)19-11-7-8-12-25-19/h4-6,9-10,17-19H,7-8,11-15H2,1-3H3,(H,22,24)/t17-,18-,19?/m1/s1. The first-order valence-corrected chi connectivity index (χ1v) is 9.78. The molecule has 0 aromatic heterocycles. The van der Waals surface area contributed by atoms with E-state index < -0.39 is 5.60 Å². The molecule has 2 heterocycles. The first-order chi connectivity index (χ1) is 12.4. The lowest BCUT2D eigenvalue weighted by atomic mass is 9.91. The Morgan fingerprint density at radius 2 is 2.00 bits per heavy atom. The second-order valence-corrected chi connectivity index (χ2v) is 8.50. The molecule has 0 saturated carbocycles. The second-order valence-electron chi connectivity index (χ2n) is 8.50. The Morgan fingerprint density at radius 1 is 1.23 bits per heavy atom. The minimum atomic E-state index is -0.483. The van der Waals surface area contributed by atoms with Crippen molar-refractivity contribution in [1.29, 1.82) is 0 Å². The zero-order valence-electron chi connectivity index (χ0n) is 16.2. The fourth-order valence-corrected chi connectivity index (χ4v) is 3.98. The smallest absolute Gasteiger partial charge is 0.407 e. The number of alkyl carbamates (subject to hydrolysis) is 1. The lowest BCUT2D eigenvalue weighted by Crippen LogP contribution is -2.47. The molecule has 2 aliphatic heterocycles. The Balaban J connectivity index is 1.65. The minimum Gasteiger partial charge on any atom is -0.444 e. The van der Waals surface area contributed by atoms with Crippen molar-refractivity contribution in [2.45, 2.75) is 64.3 Å². The van der Waals surface area contributed by atoms with Gasteiger partial charge in [-0.05, 0) is 45.6 Å². The zero-order valence-corrected chi connectivity index (χ0v) is 16.2. The summed E-state index contributed by atoms with van der Waals surface area (Å²) >= 11 is 0. The van der Waals surface area contributed by atoms with Crippen LogP contribution in [-0.4, -0.2) is 48.4 Å². The van der Waals surface area contributed by atoms with Gasteiger partial charge in [-0.1, -0.05) is 30.3 Å². The molecule has 5 nitrogen and oxygen atoms in total. The van der Waals surface area contributed by atoms with Gasteiger partial charge in [0.25, 0.3) is 0 Å². The summed E-state index contributed by atoms with van der Waals surface area (Å²) in [5.41, 5.74) is 0.817. The van der Waals surface area contributed by atoms with Crippen LogP contribution < -0.4 is 5.32 Å². The molecule has 2 aliphatic rings. The van der Waals surface area contributed by atoms with Crippen molar-refractivity contribution in [1.82, 2.24) is 10.2 Å². The number of amides is 1. The van der Waals surface area contributed by atoms with E-state index in [0.717, 1.165) is 39.1 Å². The number of nitrogens with one attached hydrogen (secondary N) is 1. The molecule has 1 aromatic carbocycles. The van der Waals surface area contributed by atoms with E-state index in [9.17, 15) is 4.79 Å². The lowest BCUT2D eigenvalue weighted by Gasteiger charge is -2.32. The van der Waals surface area contributed by atoms with Crippen molar-refractivity contribution < 1.29 is 14.3 Å². The molecule has 2 saturated heterocycles. The topological polar surface area (TPSA) is 50.8 Å². The van der Waals surface area contributed by atoms with Gasteiger partial charge in [-0.15, -0.1) is 0 Å². The SMILES string of the molecule is CC(C)(C)OC(=O)N[C@@H]1CN(Cc2ccccc2)C[C@H]1C1CCCCO1. The number of rotatable bonds is 4. The molecule has 0 aliphatic carbocycles. The Labute approximate surface area is 157 Å². The molecule has 144 valence electrons. The van der Waals surface area contributed by atoms with E-state index in [-0.39, 0.29) is 18.2 Å². The maximum Gasteiger partial charge on any atom is 0.407 e. The van der Waals surface area contributed by atoms with Gasteiger partial charge in [0.05, 0.1) is 12.1 Å². The molecule has 0 bridgehead atoms. The molecule has 0 radical (unpaired) electrons. The van der Waals surface area contributed by atoms with Crippen LogP contribution >= 0.6 is 0 Å². The van der Waals surface area contributed by atoms with Crippen molar-refractivity contribution in [3.63, 3.8) is 0 Å². The van der Waals surface area contributed by atoms with Gasteiger partial charge in [0.15, 0.2) is 0 Å². The minimum absolute atomic E-state index is 0.0664. The van der Waals surface area contributed by atoms with E-state index in [2.05, 4.69) is 34.5 Å². The third kappa shape index (κ3) is 5.45. The number of hydrogen-bond acceptors (Lipinski definition) is 4. The molecule has 0 spiro atoms. The Morgan fingerprint density at radius 3 is 2.65 bits per heavy atom. The Bertz CT molecular complexity index is 579. The molecule has 26 heavy (non-hydrogen) atoms. The monoisotopic (exact) mass is 360 g/mol. The summed E-state index contributed by atoms with van der Waals surface area (Å²) in [4.78, 5) is 14.7. The van der Waals surface area contributed by atoms with Gasteiger partial charge in [-0.3, -0.25) is 4.90 Å². The van der Waals surface area contributed by atoms with Crippen molar-refractivity contribution in [2.75, 3.05) is 19.7 Å². The number of likely N-dealkylation sites (tertiary alicyclic amines) is 1. The van der Waals surface area contributed by atoms with E-state index in [1.165, 1.54) is 12.0 Å². The Hall–Kier alpha value is -1.59. The van der Waals surface area contributed by atoms with Crippen LogP contribution in [0.4, 0.5) is 4.79 Å². The van der Waals surface area contributed by atoms with E-state index >= 15 is 0 Å². The average Bonchev–Trinajstić information content (AvgIpc) is 2.97. The highest BCUT2D eigenvalue weighted by Crippen LogP contribution is 2.29. The summed E-state index contributed by atoms with van der Waals surface area (Å²) in [5, 5.41) is 3.12. The largest absolute Gasteiger partial charge is 0.444 e. The van der Waals surface area contributed by atoms with Crippen molar-refractivity contribution in [2.24, 2.45) is 5.92 Å². The van der Waals surface area contributed by atoms with Gasteiger partial charge < -0.3 is 14.8 Å². The summed E-state index contributed by atoms with van der Waals surface area (Å²) < 4.78 is 11.5. The first kappa shape index (κ1) is 19.2. The fraction of sp³-hybridized carbons (Fsp3) is 0.667. The highest BCUT2D eigenvalue weighted by molar-refractivity contribution is 5.68. The van der Waals surface area contributed by atoms with E-state index in [1.807, 2.05) is 26.8 Å².